The number of likely N-dealkylation sites (tertiary alicyclic amines) is 1. The number of hydrogen-bond acceptors (Lipinski definition) is 4. The molecule has 0 spiro atoms. The van der Waals surface area contributed by atoms with Crippen molar-refractivity contribution in [2.75, 3.05) is 13.1 Å². The molecule has 1 saturated carbocycles. The first kappa shape index (κ1) is 18.6. The molecule has 6 heteroatoms. The minimum Gasteiger partial charge on any atom is -0.480 e. The van der Waals surface area contributed by atoms with Crippen LogP contribution in [0.4, 0.5) is 4.79 Å². The van der Waals surface area contributed by atoms with Crippen LogP contribution >= 0.6 is 0 Å². The van der Waals surface area contributed by atoms with Crippen LogP contribution in [0.15, 0.2) is 0 Å². The summed E-state index contributed by atoms with van der Waals surface area (Å²) in [6.45, 7) is 6.39. The molecule has 1 aliphatic carbocycles. The lowest BCUT2D eigenvalue weighted by atomic mass is 9.61. The maximum absolute atomic E-state index is 12.2. The highest BCUT2D eigenvalue weighted by molar-refractivity contribution is 5.74. The van der Waals surface area contributed by atoms with E-state index in [9.17, 15) is 20.0 Å². The van der Waals surface area contributed by atoms with Crippen LogP contribution in [-0.4, -0.2) is 40.8 Å². The van der Waals surface area contributed by atoms with Crippen molar-refractivity contribution < 1.29 is 19.4 Å². The Bertz CT molecular complexity index is 518. The van der Waals surface area contributed by atoms with Crippen molar-refractivity contribution in [3.8, 4) is 6.07 Å². The molecule has 1 atom stereocenters. The summed E-state index contributed by atoms with van der Waals surface area (Å²) in [5.41, 5.74) is -1.07. The van der Waals surface area contributed by atoms with Gasteiger partial charge in [0.15, 0.2) is 0 Å². The molecule has 0 aromatic rings. The largest absolute Gasteiger partial charge is 0.480 e. The number of piperidine rings is 1. The number of hydrogen-bond donors (Lipinski definition) is 1. The molecule has 1 saturated heterocycles. The summed E-state index contributed by atoms with van der Waals surface area (Å²) in [5, 5.41) is 19.0. The molecule has 2 fully saturated rings. The molecule has 24 heavy (non-hydrogen) atoms. The summed E-state index contributed by atoms with van der Waals surface area (Å²) in [5.74, 6) is -1.77. The van der Waals surface area contributed by atoms with Gasteiger partial charge < -0.3 is 14.7 Å². The fourth-order valence-electron chi connectivity index (χ4n) is 4.30. The summed E-state index contributed by atoms with van der Waals surface area (Å²) in [7, 11) is 0. The van der Waals surface area contributed by atoms with E-state index in [4.69, 9.17) is 4.74 Å². The van der Waals surface area contributed by atoms with Gasteiger partial charge in [0, 0.05) is 18.5 Å². The van der Waals surface area contributed by atoms with Crippen molar-refractivity contribution in [3.63, 3.8) is 0 Å². The molecule has 1 N–H and O–H groups in total. The van der Waals surface area contributed by atoms with Crippen LogP contribution in [0, 0.1) is 28.6 Å². The van der Waals surface area contributed by atoms with Gasteiger partial charge in [-0.1, -0.05) is 12.8 Å². The third-order valence-corrected chi connectivity index (χ3v) is 5.47. The van der Waals surface area contributed by atoms with Gasteiger partial charge in [-0.15, -0.1) is 0 Å². The fourth-order valence-corrected chi connectivity index (χ4v) is 4.30. The van der Waals surface area contributed by atoms with Crippen molar-refractivity contribution in [1.82, 2.24) is 4.90 Å². The first-order valence-electron chi connectivity index (χ1n) is 8.80. The Morgan fingerprint density at radius 3 is 2.21 bits per heavy atom. The third-order valence-electron chi connectivity index (χ3n) is 5.47. The van der Waals surface area contributed by atoms with E-state index in [0.717, 1.165) is 25.7 Å². The van der Waals surface area contributed by atoms with Crippen LogP contribution in [0.3, 0.4) is 0 Å². The van der Waals surface area contributed by atoms with Crippen molar-refractivity contribution in [2.45, 2.75) is 64.9 Å². The van der Waals surface area contributed by atoms with E-state index in [1.165, 1.54) is 0 Å². The molecule has 2 rings (SSSR count). The van der Waals surface area contributed by atoms with E-state index in [-0.39, 0.29) is 12.0 Å². The van der Waals surface area contributed by atoms with Crippen molar-refractivity contribution >= 4 is 12.1 Å². The molecule has 0 aromatic carbocycles. The number of ether oxygens (including phenoxy) is 1. The average Bonchev–Trinajstić information content (AvgIpc) is 3.01. The van der Waals surface area contributed by atoms with E-state index < -0.39 is 22.9 Å². The van der Waals surface area contributed by atoms with E-state index in [1.54, 1.807) is 4.90 Å². The summed E-state index contributed by atoms with van der Waals surface area (Å²) in [6.07, 6.45) is 4.92. The Kier molecular flexibility index (Phi) is 5.42. The first-order chi connectivity index (χ1) is 11.2. The number of amides is 1. The third kappa shape index (κ3) is 3.82. The highest BCUT2D eigenvalue weighted by atomic mass is 16.6. The van der Waals surface area contributed by atoms with Crippen molar-refractivity contribution in [2.24, 2.45) is 17.3 Å². The number of aliphatic carboxylic acids is 1. The van der Waals surface area contributed by atoms with Crippen LogP contribution in [-0.2, 0) is 9.53 Å². The normalized spacial score (nSPS) is 22.7. The molecular weight excluding hydrogens is 308 g/mol. The Morgan fingerprint density at radius 1 is 1.25 bits per heavy atom. The van der Waals surface area contributed by atoms with Crippen molar-refractivity contribution in [1.29, 1.82) is 5.26 Å². The quantitative estimate of drug-likeness (QED) is 0.852. The highest BCUT2D eigenvalue weighted by Crippen LogP contribution is 2.51. The van der Waals surface area contributed by atoms with Gasteiger partial charge in [0.2, 0.25) is 0 Å². The lowest BCUT2D eigenvalue weighted by Gasteiger charge is -2.47. The predicted octanol–water partition coefficient (Wildman–Crippen LogP) is 3.42. The van der Waals surface area contributed by atoms with Gasteiger partial charge in [-0.2, -0.15) is 5.26 Å². The maximum atomic E-state index is 12.2. The number of carboxylic acids is 1. The minimum absolute atomic E-state index is 0.263. The minimum atomic E-state index is -1.03. The number of carboxylic acid groups (broad SMARTS) is 1. The molecule has 1 heterocycles. The monoisotopic (exact) mass is 336 g/mol. The molecule has 1 amide bonds. The summed E-state index contributed by atoms with van der Waals surface area (Å²) < 4.78 is 5.41. The molecule has 1 aliphatic heterocycles. The summed E-state index contributed by atoms with van der Waals surface area (Å²) >= 11 is 0. The second kappa shape index (κ2) is 7.00. The summed E-state index contributed by atoms with van der Waals surface area (Å²) in [6, 6.07) is 2.04. The molecule has 0 aromatic heterocycles. The Balaban J connectivity index is 2.14. The molecule has 0 bridgehead atoms. The van der Waals surface area contributed by atoms with Crippen LogP contribution in [0.5, 0.6) is 0 Å². The van der Waals surface area contributed by atoms with Gasteiger partial charge in [0.25, 0.3) is 0 Å². The molecular formula is C18H28N2O4. The maximum Gasteiger partial charge on any atom is 0.410 e. The van der Waals surface area contributed by atoms with E-state index in [2.05, 4.69) is 0 Å². The standard InChI is InChI=1S/C18H28N2O4/c1-17(2,3)24-16(23)20-10-8-18(9-11-20,13-6-4-5-7-13)14(12-19)15(21)22/h13-14H,4-11H2,1-3H3,(H,21,22). The zero-order chi connectivity index (χ0) is 18.0. The van der Waals surface area contributed by atoms with Crippen LogP contribution in [0.25, 0.3) is 0 Å². The van der Waals surface area contributed by atoms with Crippen LogP contribution in [0.1, 0.15) is 59.3 Å². The van der Waals surface area contributed by atoms with Gasteiger partial charge in [0.05, 0.1) is 6.07 Å². The number of carbonyl (C=O) groups is 2. The molecule has 134 valence electrons. The number of carbonyl (C=O) groups excluding carboxylic acids is 1. The van der Waals surface area contributed by atoms with Crippen LogP contribution in [0.2, 0.25) is 0 Å². The smallest absolute Gasteiger partial charge is 0.410 e. The van der Waals surface area contributed by atoms with E-state index >= 15 is 0 Å². The second-order valence-corrected chi connectivity index (χ2v) is 8.08. The number of nitrogens with zero attached hydrogens (tertiary/aromatic N) is 2. The number of rotatable bonds is 3. The van der Waals surface area contributed by atoms with E-state index in [1.807, 2.05) is 26.8 Å². The zero-order valence-electron chi connectivity index (χ0n) is 14.9. The SMILES string of the molecule is CC(C)(C)OC(=O)N1CCC(C2CCCC2)(C(C#N)C(=O)O)CC1. The fraction of sp³-hybridized carbons (Fsp3) is 0.833. The molecule has 2 aliphatic rings. The molecule has 6 nitrogen and oxygen atoms in total. The Labute approximate surface area is 143 Å². The van der Waals surface area contributed by atoms with Gasteiger partial charge in [-0.3, -0.25) is 4.79 Å². The predicted molar refractivity (Wildman–Crippen MR) is 88.2 cm³/mol. The van der Waals surface area contributed by atoms with Crippen molar-refractivity contribution in [3.05, 3.63) is 0 Å². The van der Waals surface area contributed by atoms with Crippen LogP contribution < -0.4 is 0 Å². The molecule has 1 unspecified atom stereocenters. The average molecular weight is 336 g/mol. The summed E-state index contributed by atoms with van der Waals surface area (Å²) in [4.78, 5) is 25.6. The van der Waals surface area contributed by atoms with Gasteiger partial charge in [-0.05, 0) is 52.4 Å². The Hall–Kier alpha value is -1.77. The zero-order valence-corrected chi connectivity index (χ0v) is 14.9. The highest BCUT2D eigenvalue weighted by Gasteiger charge is 2.51. The van der Waals surface area contributed by atoms with Gasteiger partial charge in [-0.25, -0.2) is 4.79 Å². The second-order valence-electron chi connectivity index (χ2n) is 8.08. The number of nitriles is 1. The Morgan fingerprint density at radius 2 is 1.79 bits per heavy atom. The van der Waals surface area contributed by atoms with Gasteiger partial charge in [0.1, 0.15) is 11.5 Å². The lowest BCUT2D eigenvalue weighted by Crippen LogP contribution is -2.51. The van der Waals surface area contributed by atoms with Gasteiger partial charge >= 0.3 is 12.1 Å². The van der Waals surface area contributed by atoms with E-state index in [0.29, 0.717) is 25.9 Å². The molecule has 0 radical (unpaired) electrons. The lowest BCUT2D eigenvalue weighted by molar-refractivity contribution is -0.147. The topological polar surface area (TPSA) is 90.6 Å². The first-order valence-corrected chi connectivity index (χ1v) is 8.80.